The van der Waals surface area contributed by atoms with Crippen molar-refractivity contribution < 1.29 is 18.7 Å². The van der Waals surface area contributed by atoms with Crippen molar-refractivity contribution in [2.75, 3.05) is 23.8 Å². The lowest BCUT2D eigenvalue weighted by atomic mass is 10.2. The fourth-order valence-electron chi connectivity index (χ4n) is 2.75. The summed E-state index contributed by atoms with van der Waals surface area (Å²) in [6.45, 7) is 2.53. The Hall–Kier alpha value is -2.96. The van der Waals surface area contributed by atoms with Crippen LogP contribution in [-0.2, 0) is 11.3 Å². The normalized spacial score (nSPS) is 10.5. The summed E-state index contributed by atoms with van der Waals surface area (Å²) >= 11 is 12.0. The van der Waals surface area contributed by atoms with Gasteiger partial charge in [0.05, 0.1) is 22.3 Å². The summed E-state index contributed by atoms with van der Waals surface area (Å²) in [5, 5.41) is 6.71. The monoisotopic (exact) mass is 462 g/mol. The van der Waals surface area contributed by atoms with Crippen LogP contribution in [0, 0.1) is 5.82 Å². The molecule has 5 nitrogen and oxygen atoms in total. The zero-order valence-corrected chi connectivity index (χ0v) is 18.3. The van der Waals surface area contributed by atoms with E-state index >= 15 is 0 Å². The maximum atomic E-state index is 13.7. The Morgan fingerprint density at radius 1 is 0.968 bits per heavy atom. The van der Waals surface area contributed by atoms with Crippen molar-refractivity contribution in [3.8, 4) is 11.5 Å². The standard InChI is InChI=1S/C23H21Cl2FN2O3/c1-2-30-22-11-15(13-27-16-8-9-17(24)18(25)12-16)7-10-21(22)31-14-23(29)28-20-6-4-3-5-19(20)26/h3-12,27H,2,13-14H2,1H3,(H,28,29). The SMILES string of the molecule is CCOc1cc(CNc2ccc(Cl)c(Cl)c2)ccc1OCC(=O)Nc1ccccc1F. The second kappa shape index (κ2) is 10.9. The zero-order valence-electron chi connectivity index (χ0n) is 16.8. The molecule has 1 amide bonds. The van der Waals surface area contributed by atoms with E-state index in [1.54, 1.807) is 30.3 Å². The van der Waals surface area contributed by atoms with E-state index in [0.717, 1.165) is 11.3 Å². The second-order valence-corrected chi connectivity index (χ2v) is 7.33. The lowest BCUT2D eigenvalue weighted by molar-refractivity contribution is -0.118. The number of carbonyl (C=O) groups excluding carboxylic acids is 1. The highest BCUT2D eigenvalue weighted by Crippen LogP contribution is 2.30. The van der Waals surface area contributed by atoms with Crippen molar-refractivity contribution in [1.82, 2.24) is 0 Å². The van der Waals surface area contributed by atoms with Gasteiger partial charge in [-0.25, -0.2) is 4.39 Å². The van der Waals surface area contributed by atoms with Crippen molar-refractivity contribution >= 4 is 40.5 Å². The van der Waals surface area contributed by atoms with E-state index in [9.17, 15) is 9.18 Å². The molecule has 0 aliphatic carbocycles. The Kier molecular flexibility index (Phi) is 7.98. The van der Waals surface area contributed by atoms with Crippen LogP contribution in [0.1, 0.15) is 12.5 Å². The fourth-order valence-corrected chi connectivity index (χ4v) is 3.05. The molecule has 0 radical (unpaired) electrons. The van der Waals surface area contributed by atoms with Crippen molar-refractivity contribution in [3.05, 3.63) is 82.1 Å². The van der Waals surface area contributed by atoms with Crippen LogP contribution >= 0.6 is 23.2 Å². The number of para-hydroxylation sites is 1. The van der Waals surface area contributed by atoms with Crippen molar-refractivity contribution in [2.45, 2.75) is 13.5 Å². The Morgan fingerprint density at radius 3 is 2.52 bits per heavy atom. The average Bonchev–Trinajstić information content (AvgIpc) is 2.76. The summed E-state index contributed by atoms with van der Waals surface area (Å²) in [5.41, 5.74) is 1.88. The lowest BCUT2D eigenvalue weighted by Gasteiger charge is -2.14. The lowest BCUT2D eigenvalue weighted by Crippen LogP contribution is -2.21. The molecule has 3 rings (SSSR count). The first-order valence-electron chi connectivity index (χ1n) is 9.58. The van der Waals surface area contributed by atoms with Crippen LogP contribution in [0.2, 0.25) is 10.0 Å². The van der Waals surface area contributed by atoms with E-state index < -0.39 is 11.7 Å². The number of hydrogen-bond acceptors (Lipinski definition) is 4. The minimum absolute atomic E-state index is 0.102. The topological polar surface area (TPSA) is 59.6 Å². The zero-order chi connectivity index (χ0) is 22.2. The Bertz CT molecular complexity index is 1060. The van der Waals surface area contributed by atoms with Gasteiger partial charge in [-0.1, -0.05) is 41.4 Å². The molecule has 0 fully saturated rings. The van der Waals surface area contributed by atoms with Gasteiger partial charge in [0.2, 0.25) is 0 Å². The molecule has 31 heavy (non-hydrogen) atoms. The van der Waals surface area contributed by atoms with Gasteiger partial charge in [0.15, 0.2) is 18.1 Å². The quantitative estimate of drug-likeness (QED) is 0.399. The van der Waals surface area contributed by atoms with Crippen molar-refractivity contribution in [2.24, 2.45) is 0 Å². The molecular formula is C23H21Cl2FN2O3. The predicted molar refractivity (Wildman–Crippen MR) is 122 cm³/mol. The van der Waals surface area contributed by atoms with E-state index in [-0.39, 0.29) is 12.3 Å². The van der Waals surface area contributed by atoms with Gasteiger partial charge >= 0.3 is 0 Å². The summed E-state index contributed by atoms with van der Waals surface area (Å²) in [4.78, 5) is 12.1. The Balaban J connectivity index is 1.62. The van der Waals surface area contributed by atoms with Gasteiger partial charge in [-0.05, 0) is 55.0 Å². The number of halogens is 3. The van der Waals surface area contributed by atoms with Crippen LogP contribution in [0.15, 0.2) is 60.7 Å². The summed E-state index contributed by atoms with van der Waals surface area (Å²) in [5.74, 6) is -0.0546. The summed E-state index contributed by atoms with van der Waals surface area (Å²) in [6.07, 6.45) is 0. The minimum Gasteiger partial charge on any atom is -0.490 e. The first-order valence-corrected chi connectivity index (χ1v) is 10.3. The van der Waals surface area contributed by atoms with Crippen LogP contribution < -0.4 is 20.1 Å². The second-order valence-electron chi connectivity index (χ2n) is 6.51. The molecule has 3 aromatic rings. The molecule has 0 atom stereocenters. The van der Waals surface area contributed by atoms with Gasteiger partial charge in [-0.3, -0.25) is 4.79 Å². The average molecular weight is 463 g/mol. The van der Waals surface area contributed by atoms with E-state index in [1.807, 2.05) is 25.1 Å². The molecule has 3 aromatic carbocycles. The molecule has 0 saturated heterocycles. The molecule has 0 aliphatic rings. The number of rotatable bonds is 9. The largest absolute Gasteiger partial charge is 0.490 e. The number of nitrogens with one attached hydrogen (secondary N) is 2. The van der Waals surface area contributed by atoms with Crippen molar-refractivity contribution in [3.63, 3.8) is 0 Å². The molecule has 162 valence electrons. The molecule has 0 unspecified atom stereocenters. The third kappa shape index (κ3) is 6.51. The third-order valence-corrected chi connectivity index (χ3v) is 4.97. The van der Waals surface area contributed by atoms with E-state index in [0.29, 0.717) is 34.7 Å². The highest BCUT2D eigenvalue weighted by molar-refractivity contribution is 6.42. The Labute approximate surface area is 190 Å². The third-order valence-electron chi connectivity index (χ3n) is 4.23. The molecule has 8 heteroatoms. The predicted octanol–water partition coefficient (Wildman–Crippen LogP) is 6.16. The highest BCUT2D eigenvalue weighted by Gasteiger charge is 2.11. The molecule has 0 aliphatic heterocycles. The number of amides is 1. The number of hydrogen-bond donors (Lipinski definition) is 2. The minimum atomic E-state index is -0.510. The van der Waals surface area contributed by atoms with Gasteiger partial charge in [0.25, 0.3) is 5.91 Å². The number of benzene rings is 3. The number of carbonyl (C=O) groups is 1. The fraction of sp³-hybridized carbons (Fsp3) is 0.174. The number of ether oxygens (including phenoxy) is 2. The van der Waals surface area contributed by atoms with Crippen LogP contribution in [-0.4, -0.2) is 19.1 Å². The highest BCUT2D eigenvalue weighted by atomic mass is 35.5. The van der Waals surface area contributed by atoms with Crippen LogP contribution in [0.25, 0.3) is 0 Å². The maximum absolute atomic E-state index is 13.7. The summed E-state index contributed by atoms with van der Waals surface area (Å²) < 4.78 is 24.9. The van der Waals surface area contributed by atoms with Gasteiger partial charge in [0, 0.05) is 12.2 Å². The van der Waals surface area contributed by atoms with E-state index in [1.165, 1.54) is 12.1 Å². The van der Waals surface area contributed by atoms with Crippen LogP contribution in [0.5, 0.6) is 11.5 Å². The molecule has 0 heterocycles. The van der Waals surface area contributed by atoms with Crippen LogP contribution in [0.3, 0.4) is 0 Å². The number of anilines is 2. The molecule has 2 N–H and O–H groups in total. The van der Waals surface area contributed by atoms with Gasteiger partial charge in [-0.2, -0.15) is 0 Å². The molecule has 0 saturated carbocycles. The van der Waals surface area contributed by atoms with Gasteiger partial charge in [0.1, 0.15) is 5.82 Å². The van der Waals surface area contributed by atoms with Gasteiger partial charge < -0.3 is 20.1 Å². The summed E-state index contributed by atoms with van der Waals surface area (Å²) in [6, 6.07) is 16.7. The molecule has 0 aromatic heterocycles. The van der Waals surface area contributed by atoms with Crippen molar-refractivity contribution in [1.29, 1.82) is 0 Å². The van der Waals surface area contributed by atoms with Crippen LogP contribution in [0.4, 0.5) is 15.8 Å². The first-order chi connectivity index (χ1) is 15.0. The Morgan fingerprint density at radius 2 is 1.77 bits per heavy atom. The molecular weight excluding hydrogens is 442 g/mol. The first kappa shape index (κ1) is 22.7. The van der Waals surface area contributed by atoms with Gasteiger partial charge in [-0.15, -0.1) is 0 Å². The molecule has 0 bridgehead atoms. The van der Waals surface area contributed by atoms with E-state index in [2.05, 4.69) is 10.6 Å². The maximum Gasteiger partial charge on any atom is 0.262 e. The van der Waals surface area contributed by atoms with E-state index in [4.69, 9.17) is 32.7 Å². The smallest absolute Gasteiger partial charge is 0.262 e. The summed E-state index contributed by atoms with van der Waals surface area (Å²) in [7, 11) is 0. The molecule has 0 spiro atoms.